The maximum Gasteiger partial charge on any atom is 0.220 e. The Bertz CT molecular complexity index is 1010. The fourth-order valence-electron chi connectivity index (χ4n) is 3.23. The van der Waals surface area contributed by atoms with Crippen molar-refractivity contribution in [2.24, 2.45) is 0 Å². The van der Waals surface area contributed by atoms with Gasteiger partial charge < -0.3 is 20.1 Å². The summed E-state index contributed by atoms with van der Waals surface area (Å²) in [5.41, 5.74) is 2.24. The van der Waals surface area contributed by atoms with E-state index in [4.69, 9.17) is 14.5 Å². The molecule has 0 saturated heterocycles. The standard InChI is InChI=1S/C20H28N6O3/c1-12(2)22-18(27)8-6-7-9-21-19-20-25-24-13(3)26(20)15-11-17(29-5)16(28-4)10-14(15)23-19/h10-12H,6-9H2,1-5H3,(H,21,23)(H,22,27). The van der Waals surface area contributed by atoms with Crippen LogP contribution in [0.4, 0.5) is 5.82 Å². The molecule has 1 amide bonds. The monoisotopic (exact) mass is 400 g/mol. The molecule has 0 radical (unpaired) electrons. The summed E-state index contributed by atoms with van der Waals surface area (Å²) in [5.74, 6) is 2.72. The lowest BCUT2D eigenvalue weighted by Crippen LogP contribution is -2.29. The molecule has 2 heterocycles. The Morgan fingerprint density at radius 3 is 2.55 bits per heavy atom. The van der Waals surface area contributed by atoms with Gasteiger partial charge in [-0.15, -0.1) is 10.2 Å². The van der Waals surface area contributed by atoms with Crippen molar-refractivity contribution < 1.29 is 14.3 Å². The summed E-state index contributed by atoms with van der Waals surface area (Å²) in [5, 5.41) is 14.7. The van der Waals surface area contributed by atoms with Crippen molar-refractivity contribution in [1.29, 1.82) is 0 Å². The first-order valence-electron chi connectivity index (χ1n) is 9.75. The molecule has 0 spiro atoms. The second kappa shape index (κ2) is 8.93. The number of unbranched alkanes of at least 4 members (excludes halogenated alkanes) is 1. The topological polar surface area (TPSA) is 103 Å². The zero-order chi connectivity index (χ0) is 21.0. The highest BCUT2D eigenvalue weighted by molar-refractivity contribution is 5.85. The first-order valence-corrected chi connectivity index (χ1v) is 9.75. The van der Waals surface area contributed by atoms with Gasteiger partial charge in [-0.05, 0) is 33.6 Å². The third-order valence-corrected chi connectivity index (χ3v) is 4.56. The first-order chi connectivity index (χ1) is 13.9. The quantitative estimate of drug-likeness (QED) is 0.532. The number of aryl methyl sites for hydroxylation is 1. The Morgan fingerprint density at radius 1 is 1.14 bits per heavy atom. The van der Waals surface area contributed by atoms with E-state index in [9.17, 15) is 4.79 Å². The van der Waals surface area contributed by atoms with Gasteiger partial charge in [-0.1, -0.05) is 0 Å². The number of rotatable bonds is 9. The number of ether oxygens (including phenoxy) is 2. The Balaban J connectivity index is 1.80. The lowest BCUT2D eigenvalue weighted by atomic mass is 10.2. The van der Waals surface area contributed by atoms with E-state index in [1.54, 1.807) is 14.2 Å². The maximum absolute atomic E-state index is 11.7. The number of aromatic nitrogens is 4. The van der Waals surface area contributed by atoms with Gasteiger partial charge in [-0.25, -0.2) is 4.98 Å². The number of hydrogen-bond donors (Lipinski definition) is 2. The van der Waals surface area contributed by atoms with Crippen LogP contribution in [0, 0.1) is 6.92 Å². The highest BCUT2D eigenvalue weighted by Gasteiger charge is 2.16. The molecule has 2 aromatic heterocycles. The van der Waals surface area contributed by atoms with E-state index < -0.39 is 0 Å². The number of carbonyl (C=O) groups excluding carboxylic acids is 1. The number of hydrogen-bond acceptors (Lipinski definition) is 7. The maximum atomic E-state index is 11.7. The van der Waals surface area contributed by atoms with Crippen molar-refractivity contribution in [2.45, 2.75) is 46.1 Å². The van der Waals surface area contributed by atoms with Crippen LogP contribution in [0.5, 0.6) is 11.5 Å². The van der Waals surface area contributed by atoms with Gasteiger partial charge in [-0.2, -0.15) is 0 Å². The van der Waals surface area contributed by atoms with E-state index in [-0.39, 0.29) is 11.9 Å². The van der Waals surface area contributed by atoms with Crippen LogP contribution in [0.1, 0.15) is 38.9 Å². The summed E-state index contributed by atoms with van der Waals surface area (Å²) < 4.78 is 12.8. The summed E-state index contributed by atoms with van der Waals surface area (Å²) >= 11 is 0. The summed E-state index contributed by atoms with van der Waals surface area (Å²) in [6, 6.07) is 3.89. The normalized spacial score (nSPS) is 11.2. The molecule has 0 aliphatic carbocycles. The van der Waals surface area contributed by atoms with Crippen LogP contribution in [0.15, 0.2) is 12.1 Å². The zero-order valence-corrected chi connectivity index (χ0v) is 17.6. The fraction of sp³-hybridized carbons (Fsp3) is 0.500. The molecular weight excluding hydrogens is 372 g/mol. The molecule has 156 valence electrons. The number of anilines is 1. The lowest BCUT2D eigenvalue weighted by Gasteiger charge is -2.13. The average molecular weight is 400 g/mol. The van der Waals surface area contributed by atoms with Crippen molar-refractivity contribution in [1.82, 2.24) is 24.9 Å². The number of methoxy groups -OCH3 is 2. The minimum atomic E-state index is 0.0837. The van der Waals surface area contributed by atoms with Gasteiger partial charge in [0.25, 0.3) is 0 Å². The molecule has 9 heteroatoms. The van der Waals surface area contributed by atoms with E-state index >= 15 is 0 Å². The molecule has 2 N–H and O–H groups in total. The summed E-state index contributed by atoms with van der Waals surface area (Å²) in [4.78, 5) is 16.5. The van der Waals surface area contributed by atoms with Gasteiger partial charge in [0, 0.05) is 31.1 Å². The number of carbonyl (C=O) groups is 1. The molecule has 29 heavy (non-hydrogen) atoms. The summed E-state index contributed by atoms with van der Waals surface area (Å²) in [6.45, 7) is 6.50. The predicted molar refractivity (Wildman–Crippen MR) is 112 cm³/mol. The van der Waals surface area contributed by atoms with Crippen molar-refractivity contribution >= 4 is 28.4 Å². The number of amides is 1. The van der Waals surface area contributed by atoms with Gasteiger partial charge in [0.15, 0.2) is 17.3 Å². The lowest BCUT2D eigenvalue weighted by molar-refractivity contribution is -0.121. The van der Waals surface area contributed by atoms with Gasteiger partial charge in [0.2, 0.25) is 11.6 Å². The highest BCUT2D eigenvalue weighted by atomic mass is 16.5. The molecule has 1 aromatic carbocycles. The van der Waals surface area contributed by atoms with Crippen LogP contribution >= 0.6 is 0 Å². The van der Waals surface area contributed by atoms with Crippen LogP contribution in [0.25, 0.3) is 16.7 Å². The Labute approximate surface area is 169 Å². The molecule has 0 fully saturated rings. The van der Waals surface area contributed by atoms with Gasteiger partial charge in [-0.3, -0.25) is 9.20 Å². The van der Waals surface area contributed by atoms with E-state index in [0.29, 0.717) is 35.9 Å². The van der Waals surface area contributed by atoms with Crippen LogP contribution in [-0.4, -0.2) is 52.3 Å². The van der Waals surface area contributed by atoms with Crippen molar-refractivity contribution in [2.75, 3.05) is 26.1 Å². The first kappa shape index (κ1) is 20.6. The largest absolute Gasteiger partial charge is 0.493 e. The molecule has 0 atom stereocenters. The van der Waals surface area contributed by atoms with E-state index in [2.05, 4.69) is 20.8 Å². The number of nitrogens with one attached hydrogen (secondary N) is 2. The molecule has 0 bridgehead atoms. The zero-order valence-electron chi connectivity index (χ0n) is 17.6. The van der Waals surface area contributed by atoms with Crippen LogP contribution in [0.2, 0.25) is 0 Å². The van der Waals surface area contributed by atoms with Crippen LogP contribution in [-0.2, 0) is 4.79 Å². The van der Waals surface area contributed by atoms with E-state index in [1.165, 1.54) is 0 Å². The fourth-order valence-corrected chi connectivity index (χ4v) is 3.23. The molecule has 0 aliphatic heterocycles. The van der Waals surface area contributed by atoms with Crippen molar-refractivity contribution in [3.05, 3.63) is 18.0 Å². The Morgan fingerprint density at radius 2 is 1.86 bits per heavy atom. The van der Waals surface area contributed by atoms with E-state index in [0.717, 1.165) is 29.7 Å². The third-order valence-electron chi connectivity index (χ3n) is 4.56. The van der Waals surface area contributed by atoms with Gasteiger partial charge in [0.1, 0.15) is 5.82 Å². The minimum absolute atomic E-state index is 0.0837. The molecule has 3 aromatic rings. The van der Waals surface area contributed by atoms with E-state index in [1.807, 2.05) is 37.3 Å². The van der Waals surface area contributed by atoms with Crippen molar-refractivity contribution in [3.63, 3.8) is 0 Å². The summed E-state index contributed by atoms with van der Waals surface area (Å²) in [7, 11) is 3.20. The third kappa shape index (κ3) is 4.49. The molecular formula is C20H28N6O3. The van der Waals surface area contributed by atoms with Crippen LogP contribution < -0.4 is 20.1 Å². The van der Waals surface area contributed by atoms with Gasteiger partial charge in [0.05, 0.1) is 25.3 Å². The highest BCUT2D eigenvalue weighted by Crippen LogP contribution is 2.33. The van der Waals surface area contributed by atoms with Crippen molar-refractivity contribution in [3.8, 4) is 11.5 Å². The number of benzene rings is 1. The average Bonchev–Trinajstić information content (AvgIpc) is 3.08. The minimum Gasteiger partial charge on any atom is -0.493 e. The predicted octanol–water partition coefficient (Wildman–Crippen LogP) is 2.71. The number of nitrogens with zero attached hydrogens (tertiary/aromatic N) is 4. The molecule has 0 unspecified atom stereocenters. The Kier molecular flexibility index (Phi) is 6.36. The molecule has 0 saturated carbocycles. The summed E-state index contributed by atoms with van der Waals surface area (Å²) in [6.07, 6.45) is 2.16. The SMILES string of the molecule is COc1cc2nc(NCCCCC(=O)NC(C)C)c3nnc(C)n3c2cc1OC. The smallest absolute Gasteiger partial charge is 0.220 e. The Hall–Kier alpha value is -3.10. The van der Waals surface area contributed by atoms with Gasteiger partial charge >= 0.3 is 0 Å². The molecule has 3 rings (SSSR count). The molecule has 0 aliphatic rings. The van der Waals surface area contributed by atoms with Crippen LogP contribution in [0.3, 0.4) is 0 Å². The number of fused-ring (bicyclic) bond motifs is 3. The second-order valence-electron chi connectivity index (χ2n) is 7.17. The molecule has 9 nitrogen and oxygen atoms in total. The second-order valence-corrected chi connectivity index (χ2v) is 7.17.